The number of guanidine groups is 1. The number of hydrogen-bond donors (Lipinski definition) is 2. The fourth-order valence-corrected chi connectivity index (χ4v) is 5.25. The normalized spacial score (nSPS) is 26.8. The third-order valence-electron chi connectivity index (χ3n) is 4.96. The van der Waals surface area contributed by atoms with Crippen molar-refractivity contribution >= 4 is 24.1 Å². The van der Waals surface area contributed by atoms with Crippen LogP contribution >= 0.6 is 18.1 Å². The van der Waals surface area contributed by atoms with Crippen molar-refractivity contribution in [3.05, 3.63) is 32.6 Å². The Kier molecular flexibility index (Phi) is 6.59. The monoisotopic (exact) mass is 447 g/mol. The van der Waals surface area contributed by atoms with Gasteiger partial charge in [-0.1, -0.05) is 0 Å². The lowest BCUT2D eigenvalue weighted by Crippen LogP contribution is -2.33. The molecule has 0 bridgehead atoms. The molecule has 2 aliphatic rings. The summed E-state index contributed by atoms with van der Waals surface area (Å²) in [5.41, 5.74) is -0.727. The van der Waals surface area contributed by atoms with Gasteiger partial charge in [-0.25, -0.2) is 4.79 Å². The molecule has 11 nitrogen and oxygen atoms in total. The van der Waals surface area contributed by atoms with Crippen molar-refractivity contribution in [2.75, 3.05) is 40.0 Å². The molecule has 1 aromatic heterocycles. The van der Waals surface area contributed by atoms with Gasteiger partial charge in [-0.05, 0) is 24.6 Å². The Balaban J connectivity index is 1.70. The minimum Gasteiger partial charge on any atom is -0.390 e. The summed E-state index contributed by atoms with van der Waals surface area (Å²) in [6.07, 6.45) is 0.735. The second-order valence-corrected chi connectivity index (χ2v) is 11.3. The summed E-state index contributed by atoms with van der Waals surface area (Å²) in [6.45, 7) is -0.409. The number of rotatable bonds is 6. The zero-order valence-electron chi connectivity index (χ0n) is 16.8. The molecule has 2 aliphatic heterocycles. The van der Waals surface area contributed by atoms with E-state index in [0.29, 0.717) is 11.5 Å². The van der Waals surface area contributed by atoms with Crippen LogP contribution in [0.15, 0.2) is 20.5 Å². The molecular weight excluding hydrogens is 421 g/mol. The van der Waals surface area contributed by atoms with E-state index in [2.05, 4.69) is 9.75 Å². The number of likely N-dealkylation sites (N-methyl/N-ethyl adjacent to an activating group) is 2. The van der Waals surface area contributed by atoms with E-state index in [1.54, 1.807) is 13.2 Å². The van der Waals surface area contributed by atoms with E-state index in [1.165, 1.54) is 10.8 Å². The van der Waals surface area contributed by atoms with Gasteiger partial charge in [0.25, 0.3) is 5.56 Å². The van der Waals surface area contributed by atoms with E-state index in [9.17, 15) is 19.3 Å². The molecule has 2 unspecified atom stereocenters. The first kappa shape index (κ1) is 22.1. The summed E-state index contributed by atoms with van der Waals surface area (Å²) in [5, 5.41) is 10.3. The standard InChI is InChI=1S/C16H26N5O6PS/c1-10-8-21(16(24)17-14(10)23)13-7-11(22)12(27-13)9-26-28(25,29-4)18-15-19(2)5-6-20(15)3/h8,11-13,22H,5-7,9H2,1-4H3,(H,17,23,24)/t11-,12?,13-,28?/m1/s1. The number of ether oxygens (including phenoxy) is 1. The molecule has 29 heavy (non-hydrogen) atoms. The first-order chi connectivity index (χ1) is 13.6. The van der Waals surface area contributed by atoms with Gasteiger partial charge in [0.2, 0.25) is 5.96 Å². The lowest BCUT2D eigenvalue weighted by atomic mass is 10.2. The van der Waals surface area contributed by atoms with Gasteiger partial charge in [0.15, 0.2) is 0 Å². The highest BCUT2D eigenvalue weighted by Crippen LogP contribution is 2.60. The summed E-state index contributed by atoms with van der Waals surface area (Å²) >= 11 is 1.01. The Morgan fingerprint density at radius 2 is 2.03 bits per heavy atom. The van der Waals surface area contributed by atoms with E-state index in [1.807, 2.05) is 23.9 Å². The Morgan fingerprint density at radius 3 is 2.66 bits per heavy atom. The number of aliphatic hydroxyl groups excluding tert-OH is 1. The van der Waals surface area contributed by atoms with Gasteiger partial charge < -0.3 is 24.2 Å². The minimum absolute atomic E-state index is 0.142. The first-order valence-corrected chi connectivity index (χ1v) is 12.5. The summed E-state index contributed by atoms with van der Waals surface area (Å²) < 4.78 is 30.0. The molecule has 1 aromatic rings. The molecule has 4 atom stereocenters. The van der Waals surface area contributed by atoms with Crippen LogP contribution in [0.4, 0.5) is 0 Å². The zero-order chi connectivity index (χ0) is 21.3. The van der Waals surface area contributed by atoms with E-state index in [0.717, 1.165) is 24.5 Å². The third kappa shape index (κ3) is 4.77. The largest absolute Gasteiger partial charge is 0.390 e. The fraction of sp³-hybridized carbons (Fsp3) is 0.688. The van der Waals surface area contributed by atoms with Crippen LogP contribution < -0.4 is 11.2 Å². The van der Waals surface area contributed by atoms with Crippen LogP contribution in [0.3, 0.4) is 0 Å². The molecule has 0 amide bonds. The molecular formula is C16H26N5O6PS. The number of nitrogens with one attached hydrogen (secondary N) is 1. The molecule has 2 N–H and O–H groups in total. The third-order valence-corrected chi connectivity index (χ3v) is 8.26. The summed E-state index contributed by atoms with van der Waals surface area (Å²) in [7, 11) is 3.73. The van der Waals surface area contributed by atoms with Crippen LogP contribution in [-0.2, 0) is 13.8 Å². The van der Waals surface area contributed by atoms with Crippen molar-refractivity contribution in [1.29, 1.82) is 0 Å². The number of aromatic nitrogens is 2. The second kappa shape index (κ2) is 8.65. The van der Waals surface area contributed by atoms with Gasteiger partial charge in [0.05, 0.1) is 12.7 Å². The Hall–Kier alpha value is -1.59. The molecule has 0 aliphatic carbocycles. The van der Waals surface area contributed by atoms with Crippen LogP contribution in [0.2, 0.25) is 0 Å². The maximum absolute atomic E-state index is 13.0. The van der Waals surface area contributed by atoms with Gasteiger partial charge >= 0.3 is 12.4 Å². The van der Waals surface area contributed by atoms with Crippen molar-refractivity contribution in [3.63, 3.8) is 0 Å². The first-order valence-electron chi connectivity index (χ1n) is 9.12. The Bertz CT molecular complexity index is 936. The predicted octanol–water partition coefficient (Wildman–Crippen LogP) is 0.214. The number of aliphatic hydroxyl groups is 1. The second-order valence-electron chi connectivity index (χ2n) is 7.10. The molecule has 2 fully saturated rings. The Labute approximate surface area is 172 Å². The Morgan fingerprint density at radius 1 is 1.38 bits per heavy atom. The molecule has 13 heteroatoms. The van der Waals surface area contributed by atoms with Crippen molar-refractivity contribution in [3.8, 4) is 0 Å². The van der Waals surface area contributed by atoms with Crippen molar-refractivity contribution in [2.45, 2.75) is 31.8 Å². The van der Waals surface area contributed by atoms with Gasteiger partial charge in [0, 0.05) is 45.4 Å². The van der Waals surface area contributed by atoms with Crippen LogP contribution in [0.1, 0.15) is 18.2 Å². The topological polar surface area (TPSA) is 129 Å². The summed E-state index contributed by atoms with van der Waals surface area (Å²) in [5.74, 6) is 0.587. The number of nitrogens with zero attached hydrogens (tertiary/aromatic N) is 4. The molecule has 0 radical (unpaired) electrons. The fourth-order valence-electron chi connectivity index (χ4n) is 3.18. The van der Waals surface area contributed by atoms with E-state index < -0.39 is 36.4 Å². The molecule has 3 heterocycles. The van der Waals surface area contributed by atoms with Crippen molar-refractivity contribution < 1.29 is 18.9 Å². The summed E-state index contributed by atoms with van der Waals surface area (Å²) in [4.78, 5) is 29.6. The molecule has 0 aromatic carbocycles. The van der Waals surface area contributed by atoms with E-state index in [4.69, 9.17) is 9.26 Å². The number of hydrogen-bond acceptors (Lipinski definition) is 7. The molecule has 3 rings (SSSR count). The smallest absolute Gasteiger partial charge is 0.374 e. The molecule has 0 saturated carbocycles. The van der Waals surface area contributed by atoms with Gasteiger partial charge in [-0.2, -0.15) is 4.76 Å². The number of H-pyrrole nitrogens is 1. The average molecular weight is 447 g/mol. The molecule has 2 saturated heterocycles. The maximum atomic E-state index is 13.0. The van der Waals surface area contributed by atoms with Crippen molar-refractivity contribution in [2.24, 2.45) is 4.76 Å². The maximum Gasteiger partial charge on any atom is 0.374 e. The lowest BCUT2D eigenvalue weighted by Gasteiger charge is -2.21. The summed E-state index contributed by atoms with van der Waals surface area (Å²) in [6, 6.07) is 0. The highest BCUT2D eigenvalue weighted by atomic mass is 32.7. The van der Waals surface area contributed by atoms with E-state index in [-0.39, 0.29) is 13.0 Å². The highest BCUT2D eigenvalue weighted by Gasteiger charge is 2.38. The number of aryl methyl sites for hydroxylation is 1. The lowest BCUT2D eigenvalue weighted by molar-refractivity contribution is -0.0401. The van der Waals surface area contributed by atoms with Gasteiger partial charge in [-0.15, -0.1) is 0 Å². The van der Waals surface area contributed by atoms with Crippen LogP contribution in [0.25, 0.3) is 0 Å². The molecule has 162 valence electrons. The predicted molar refractivity (Wildman–Crippen MR) is 110 cm³/mol. The van der Waals surface area contributed by atoms with Gasteiger partial charge in [-0.3, -0.25) is 18.9 Å². The highest BCUT2D eigenvalue weighted by molar-refractivity contribution is 8.55. The van der Waals surface area contributed by atoms with Crippen LogP contribution in [0, 0.1) is 6.92 Å². The van der Waals surface area contributed by atoms with Gasteiger partial charge in [0.1, 0.15) is 12.3 Å². The molecule has 0 spiro atoms. The quantitative estimate of drug-likeness (QED) is 0.588. The van der Waals surface area contributed by atoms with E-state index >= 15 is 0 Å². The zero-order valence-corrected chi connectivity index (χ0v) is 18.5. The van der Waals surface area contributed by atoms with Crippen LogP contribution in [0.5, 0.6) is 0 Å². The van der Waals surface area contributed by atoms with Crippen molar-refractivity contribution in [1.82, 2.24) is 19.4 Å². The van der Waals surface area contributed by atoms with Crippen LogP contribution in [-0.4, -0.2) is 82.7 Å². The SMILES string of the molecule is CSP(=O)(N=C1N(C)CCN1C)OCC1O[C@@H](n2cc(C)c(=O)[nH]c2=O)C[C@H]1O. The average Bonchev–Trinajstić information content (AvgIpc) is 3.19. The minimum atomic E-state index is -3.40. The number of aromatic amines is 1.